The Bertz CT molecular complexity index is 445. The fourth-order valence-corrected chi connectivity index (χ4v) is 2.42. The molecule has 0 aromatic carbocycles. The minimum atomic E-state index is -0.348. The Hall–Kier alpha value is -0.940. The number of halogens is 1. The highest BCUT2D eigenvalue weighted by atomic mass is 79.9. The average molecular weight is 313 g/mol. The first-order valence-corrected chi connectivity index (χ1v) is 6.78. The topological polar surface area (TPSA) is 53.4 Å². The Morgan fingerprint density at radius 1 is 1.56 bits per heavy atom. The van der Waals surface area contributed by atoms with Crippen LogP contribution < -0.4 is 0 Å². The molecule has 1 aliphatic rings. The summed E-state index contributed by atoms with van der Waals surface area (Å²) in [6, 6.07) is 3.52. The second-order valence-corrected chi connectivity index (χ2v) is 6.30. The normalized spacial score (nSPS) is 22.9. The minimum Gasteiger partial charge on any atom is -0.392 e. The number of hydrogen-bond acceptors (Lipinski definition) is 3. The Labute approximate surface area is 115 Å². The maximum absolute atomic E-state index is 12.3. The molecule has 1 atom stereocenters. The predicted octanol–water partition coefficient (Wildman–Crippen LogP) is 2.08. The van der Waals surface area contributed by atoms with Crippen LogP contribution in [0.25, 0.3) is 0 Å². The standard InChI is InChI=1S/C13H17BrN2O2/c1-13(2)8-16(6-5-11(13)17)12(18)10-4-3-9(14)7-15-10/h3-4,7,11,17H,5-6,8H2,1-2H3. The van der Waals surface area contributed by atoms with Crippen molar-refractivity contribution >= 4 is 21.8 Å². The van der Waals surface area contributed by atoms with Crippen molar-refractivity contribution in [2.24, 2.45) is 5.41 Å². The van der Waals surface area contributed by atoms with Crippen LogP contribution in [0.5, 0.6) is 0 Å². The molecule has 4 nitrogen and oxygen atoms in total. The summed E-state index contributed by atoms with van der Waals surface area (Å²) in [5, 5.41) is 9.88. The van der Waals surface area contributed by atoms with E-state index in [-0.39, 0.29) is 17.4 Å². The summed E-state index contributed by atoms with van der Waals surface area (Å²) in [4.78, 5) is 18.2. The Balaban J connectivity index is 2.13. The predicted molar refractivity (Wildman–Crippen MR) is 72.2 cm³/mol. The van der Waals surface area contributed by atoms with Crippen molar-refractivity contribution in [1.82, 2.24) is 9.88 Å². The lowest BCUT2D eigenvalue weighted by Gasteiger charge is -2.41. The highest BCUT2D eigenvalue weighted by Gasteiger charge is 2.36. The van der Waals surface area contributed by atoms with Gasteiger partial charge >= 0.3 is 0 Å². The number of hydrogen-bond donors (Lipinski definition) is 1. The summed E-state index contributed by atoms with van der Waals surface area (Å²) in [6.45, 7) is 5.10. The van der Waals surface area contributed by atoms with Gasteiger partial charge in [0.25, 0.3) is 5.91 Å². The largest absolute Gasteiger partial charge is 0.392 e. The number of piperidine rings is 1. The van der Waals surface area contributed by atoms with Crippen molar-refractivity contribution in [3.63, 3.8) is 0 Å². The molecule has 5 heteroatoms. The number of likely N-dealkylation sites (tertiary alicyclic amines) is 1. The molecule has 0 saturated carbocycles. The third-order valence-corrected chi connectivity index (χ3v) is 3.88. The summed E-state index contributed by atoms with van der Waals surface area (Å²) < 4.78 is 0.855. The lowest BCUT2D eigenvalue weighted by molar-refractivity contribution is -0.0184. The van der Waals surface area contributed by atoms with Gasteiger partial charge in [0.1, 0.15) is 5.69 Å². The maximum atomic E-state index is 12.3. The lowest BCUT2D eigenvalue weighted by atomic mass is 9.81. The molecular formula is C13H17BrN2O2. The summed E-state index contributed by atoms with van der Waals surface area (Å²) in [5.74, 6) is -0.0672. The van der Waals surface area contributed by atoms with Gasteiger partial charge in [0.2, 0.25) is 0 Å². The number of amides is 1. The Morgan fingerprint density at radius 2 is 2.28 bits per heavy atom. The number of aromatic nitrogens is 1. The zero-order valence-electron chi connectivity index (χ0n) is 10.6. The van der Waals surface area contributed by atoms with E-state index in [1.807, 2.05) is 19.9 Å². The molecule has 1 amide bonds. The number of carbonyl (C=O) groups is 1. The van der Waals surface area contributed by atoms with Gasteiger partial charge in [-0.3, -0.25) is 4.79 Å². The van der Waals surface area contributed by atoms with E-state index in [0.717, 1.165) is 4.47 Å². The van der Waals surface area contributed by atoms with Crippen LogP contribution >= 0.6 is 15.9 Å². The van der Waals surface area contributed by atoms with E-state index in [9.17, 15) is 9.90 Å². The van der Waals surface area contributed by atoms with Gasteiger partial charge in [-0.1, -0.05) is 13.8 Å². The van der Waals surface area contributed by atoms with Crippen molar-refractivity contribution in [2.45, 2.75) is 26.4 Å². The highest BCUT2D eigenvalue weighted by Crippen LogP contribution is 2.29. The van der Waals surface area contributed by atoms with Crippen LogP contribution in [0.4, 0.5) is 0 Å². The van der Waals surface area contributed by atoms with Crippen LogP contribution in [-0.2, 0) is 0 Å². The highest BCUT2D eigenvalue weighted by molar-refractivity contribution is 9.10. The quantitative estimate of drug-likeness (QED) is 0.863. The van der Waals surface area contributed by atoms with Gasteiger partial charge in [-0.15, -0.1) is 0 Å². The van der Waals surface area contributed by atoms with E-state index >= 15 is 0 Å². The first-order chi connectivity index (χ1) is 8.40. The molecule has 1 unspecified atom stereocenters. The number of nitrogens with zero attached hydrogens (tertiary/aromatic N) is 2. The first-order valence-electron chi connectivity index (χ1n) is 5.99. The first kappa shape index (κ1) is 13.5. The zero-order valence-corrected chi connectivity index (χ0v) is 12.1. The maximum Gasteiger partial charge on any atom is 0.272 e. The van der Waals surface area contributed by atoms with Crippen LogP contribution in [0, 0.1) is 5.41 Å². The number of rotatable bonds is 1. The summed E-state index contributed by atoms with van der Waals surface area (Å²) >= 11 is 3.30. The van der Waals surface area contributed by atoms with Crippen LogP contribution in [0.15, 0.2) is 22.8 Å². The molecule has 0 bridgehead atoms. The molecule has 0 spiro atoms. The second kappa shape index (κ2) is 4.97. The van der Waals surface area contributed by atoms with E-state index < -0.39 is 0 Å². The Kier molecular flexibility index (Phi) is 3.73. The SMILES string of the molecule is CC1(C)CN(C(=O)c2ccc(Br)cn2)CCC1O. The molecule has 0 aliphatic carbocycles. The molecule has 1 saturated heterocycles. The fraction of sp³-hybridized carbons (Fsp3) is 0.538. The summed E-state index contributed by atoms with van der Waals surface area (Å²) in [6.07, 6.45) is 1.89. The van der Waals surface area contributed by atoms with E-state index in [0.29, 0.717) is 25.2 Å². The van der Waals surface area contributed by atoms with Crippen LogP contribution in [0.2, 0.25) is 0 Å². The smallest absolute Gasteiger partial charge is 0.272 e. The fourth-order valence-electron chi connectivity index (χ4n) is 2.18. The van der Waals surface area contributed by atoms with E-state index in [1.54, 1.807) is 17.2 Å². The van der Waals surface area contributed by atoms with Crippen molar-refractivity contribution in [2.75, 3.05) is 13.1 Å². The number of aliphatic hydroxyl groups is 1. The minimum absolute atomic E-state index is 0.0672. The number of carbonyl (C=O) groups excluding carboxylic acids is 1. The van der Waals surface area contributed by atoms with Gasteiger partial charge in [0, 0.05) is 29.2 Å². The molecule has 2 rings (SSSR count). The number of pyridine rings is 1. The van der Waals surface area contributed by atoms with Crippen molar-refractivity contribution in [1.29, 1.82) is 0 Å². The molecule has 0 radical (unpaired) electrons. The molecule has 1 N–H and O–H groups in total. The van der Waals surface area contributed by atoms with Gasteiger partial charge in [-0.25, -0.2) is 4.98 Å². The third-order valence-electron chi connectivity index (χ3n) is 3.41. The van der Waals surface area contributed by atoms with Crippen molar-refractivity contribution < 1.29 is 9.90 Å². The molecule has 1 aliphatic heterocycles. The summed E-state index contributed by atoms with van der Waals surface area (Å²) in [5.41, 5.74) is 0.189. The van der Waals surface area contributed by atoms with Crippen LogP contribution in [0.3, 0.4) is 0 Å². The molecular weight excluding hydrogens is 296 g/mol. The van der Waals surface area contributed by atoms with Gasteiger partial charge in [-0.2, -0.15) is 0 Å². The average Bonchev–Trinajstić information content (AvgIpc) is 2.33. The second-order valence-electron chi connectivity index (χ2n) is 5.38. The van der Waals surface area contributed by atoms with E-state index in [2.05, 4.69) is 20.9 Å². The van der Waals surface area contributed by atoms with Gasteiger partial charge in [0.15, 0.2) is 0 Å². The van der Waals surface area contributed by atoms with Crippen LogP contribution in [-0.4, -0.2) is 40.1 Å². The molecule has 1 aromatic rings. The summed E-state index contributed by atoms with van der Waals surface area (Å²) in [7, 11) is 0. The van der Waals surface area contributed by atoms with E-state index in [4.69, 9.17) is 0 Å². The number of aliphatic hydroxyl groups excluding tert-OH is 1. The molecule has 2 heterocycles. The van der Waals surface area contributed by atoms with Crippen molar-refractivity contribution in [3.05, 3.63) is 28.5 Å². The monoisotopic (exact) mass is 312 g/mol. The van der Waals surface area contributed by atoms with Crippen LogP contribution in [0.1, 0.15) is 30.8 Å². The molecule has 1 fully saturated rings. The van der Waals surface area contributed by atoms with Crippen molar-refractivity contribution in [3.8, 4) is 0 Å². The Morgan fingerprint density at radius 3 is 2.83 bits per heavy atom. The molecule has 98 valence electrons. The lowest BCUT2D eigenvalue weighted by Crippen LogP contribution is -2.50. The zero-order chi connectivity index (χ0) is 13.3. The van der Waals surface area contributed by atoms with Gasteiger partial charge < -0.3 is 10.0 Å². The molecule has 18 heavy (non-hydrogen) atoms. The third kappa shape index (κ3) is 2.72. The molecule has 1 aromatic heterocycles. The van der Waals surface area contributed by atoms with E-state index in [1.165, 1.54) is 0 Å². The van der Waals surface area contributed by atoms with Gasteiger partial charge in [0.05, 0.1) is 6.10 Å². The van der Waals surface area contributed by atoms with Gasteiger partial charge in [-0.05, 0) is 34.5 Å².